The summed E-state index contributed by atoms with van der Waals surface area (Å²) in [5, 5.41) is 3.59. The number of thioether (sulfide) groups is 1. The molecule has 0 saturated carbocycles. The lowest BCUT2D eigenvalue weighted by atomic mass is 10.1. The predicted molar refractivity (Wildman–Crippen MR) is 70.5 cm³/mol. The molecule has 2 heteroatoms. The van der Waals surface area contributed by atoms with Crippen LogP contribution in [-0.2, 0) is 6.54 Å². The maximum Gasteiger partial charge on any atom is 0.0208 e. The van der Waals surface area contributed by atoms with Crippen LogP contribution in [-0.4, -0.2) is 18.1 Å². The van der Waals surface area contributed by atoms with Gasteiger partial charge in [0.05, 0.1) is 0 Å². The summed E-state index contributed by atoms with van der Waals surface area (Å²) in [4.78, 5) is 0. The van der Waals surface area contributed by atoms with Crippen LogP contribution in [0.4, 0.5) is 0 Å². The first kappa shape index (κ1) is 12.6. The first-order valence-electron chi connectivity index (χ1n) is 5.54. The second-order valence-electron chi connectivity index (χ2n) is 3.93. The van der Waals surface area contributed by atoms with Gasteiger partial charge in [-0.25, -0.2) is 0 Å². The predicted octanol–water partition coefficient (Wildman–Crippen LogP) is 3.23. The van der Waals surface area contributed by atoms with E-state index in [1.54, 1.807) is 0 Å². The lowest BCUT2D eigenvalue weighted by Crippen LogP contribution is -2.30. The summed E-state index contributed by atoms with van der Waals surface area (Å²) >= 11 is 1.91. The molecule has 0 bridgehead atoms. The number of hydrogen-bond acceptors (Lipinski definition) is 2. The molecule has 0 saturated heterocycles. The molecule has 0 aliphatic heterocycles. The van der Waals surface area contributed by atoms with Gasteiger partial charge in [0.2, 0.25) is 0 Å². The van der Waals surface area contributed by atoms with Crippen molar-refractivity contribution in [2.75, 3.05) is 12.0 Å². The maximum atomic E-state index is 3.59. The highest BCUT2D eigenvalue weighted by Crippen LogP contribution is 2.05. The van der Waals surface area contributed by atoms with Gasteiger partial charge in [0.25, 0.3) is 0 Å². The average Bonchev–Trinajstić information content (AvgIpc) is 2.26. The number of rotatable bonds is 6. The summed E-state index contributed by atoms with van der Waals surface area (Å²) < 4.78 is 0. The van der Waals surface area contributed by atoms with E-state index in [4.69, 9.17) is 0 Å². The fourth-order valence-corrected chi connectivity index (χ4v) is 2.25. The van der Waals surface area contributed by atoms with Crippen LogP contribution in [0.25, 0.3) is 0 Å². The van der Waals surface area contributed by atoms with E-state index in [-0.39, 0.29) is 0 Å². The second-order valence-corrected chi connectivity index (χ2v) is 4.84. The molecule has 1 unspecified atom stereocenters. The SMILES string of the molecule is CCC(CSC)NCc1ccc(C)cc1. The molecule has 0 aliphatic carbocycles. The Hall–Kier alpha value is -0.470. The molecule has 1 aromatic rings. The summed E-state index contributed by atoms with van der Waals surface area (Å²) in [6, 6.07) is 9.39. The first-order valence-corrected chi connectivity index (χ1v) is 6.93. The molecule has 1 aromatic carbocycles. The molecule has 0 amide bonds. The monoisotopic (exact) mass is 223 g/mol. The van der Waals surface area contributed by atoms with Gasteiger partial charge in [-0.2, -0.15) is 11.8 Å². The fourth-order valence-electron chi connectivity index (χ4n) is 1.49. The van der Waals surface area contributed by atoms with E-state index in [1.165, 1.54) is 23.3 Å². The Morgan fingerprint density at radius 3 is 2.47 bits per heavy atom. The summed E-state index contributed by atoms with van der Waals surface area (Å²) in [6.45, 7) is 5.35. The Balaban J connectivity index is 2.38. The third-order valence-electron chi connectivity index (χ3n) is 2.58. The van der Waals surface area contributed by atoms with E-state index in [0.717, 1.165) is 6.54 Å². The van der Waals surface area contributed by atoms with E-state index in [0.29, 0.717) is 6.04 Å². The van der Waals surface area contributed by atoms with Crippen molar-refractivity contribution in [2.24, 2.45) is 0 Å². The zero-order chi connectivity index (χ0) is 11.1. The van der Waals surface area contributed by atoms with Crippen LogP contribution < -0.4 is 5.32 Å². The molecule has 15 heavy (non-hydrogen) atoms. The highest BCUT2D eigenvalue weighted by Gasteiger charge is 2.03. The van der Waals surface area contributed by atoms with Crippen LogP contribution in [0.3, 0.4) is 0 Å². The summed E-state index contributed by atoms with van der Waals surface area (Å²) in [6.07, 6.45) is 3.36. The Labute approximate surface area is 97.7 Å². The fraction of sp³-hybridized carbons (Fsp3) is 0.538. The van der Waals surface area contributed by atoms with E-state index in [2.05, 4.69) is 49.7 Å². The van der Waals surface area contributed by atoms with Crippen molar-refractivity contribution in [1.82, 2.24) is 5.32 Å². The van der Waals surface area contributed by atoms with Gasteiger partial charge < -0.3 is 5.32 Å². The minimum atomic E-state index is 0.640. The van der Waals surface area contributed by atoms with Crippen LogP contribution in [0.5, 0.6) is 0 Å². The molecule has 1 nitrogen and oxygen atoms in total. The lowest BCUT2D eigenvalue weighted by Gasteiger charge is -2.15. The molecule has 1 rings (SSSR count). The third-order valence-corrected chi connectivity index (χ3v) is 3.31. The molecule has 1 N–H and O–H groups in total. The van der Waals surface area contributed by atoms with Crippen molar-refractivity contribution in [2.45, 2.75) is 32.9 Å². The molecular formula is C13H21NS. The molecule has 0 aliphatic rings. The highest BCUT2D eigenvalue weighted by molar-refractivity contribution is 7.98. The Bertz CT molecular complexity index is 268. The van der Waals surface area contributed by atoms with Crippen molar-refractivity contribution < 1.29 is 0 Å². The van der Waals surface area contributed by atoms with Gasteiger partial charge in [-0.05, 0) is 25.2 Å². The van der Waals surface area contributed by atoms with Crippen molar-refractivity contribution in [3.05, 3.63) is 35.4 Å². The van der Waals surface area contributed by atoms with Crippen LogP contribution in [0.1, 0.15) is 24.5 Å². The zero-order valence-corrected chi connectivity index (χ0v) is 10.7. The smallest absolute Gasteiger partial charge is 0.0208 e. The summed E-state index contributed by atoms with van der Waals surface area (Å²) in [5.41, 5.74) is 2.70. The van der Waals surface area contributed by atoms with E-state index < -0.39 is 0 Å². The minimum Gasteiger partial charge on any atom is -0.309 e. The van der Waals surface area contributed by atoms with Crippen LogP contribution in [0, 0.1) is 6.92 Å². The molecule has 0 spiro atoms. The minimum absolute atomic E-state index is 0.640. The summed E-state index contributed by atoms with van der Waals surface area (Å²) in [5.74, 6) is 1.20. The van der Waals surface area contributed by atoms with Crippen molar-refractivity contribution in [3.63, 3.8) is 0 Å². The Kier molecular flexibility index (Phi) is 5.81. The molecule has 84 valence electrons. The van der Waals surface area contributed by atoms with Gasteiger partial charge in [0.15, 0.2) is 0 Å². The average molecular weight is 223 g/mol. The van der Waals surface area contributed by atoms with E-state index >= 15 is 0 Å². The Morgan fingerprint density at radius 1 is 1.27 bits per heavy atom. The van der Waals surface area contributed by atoms with Crippen LogP contribution >= 0.6 is 11.8 Å². The van der Waals surface area contributed by atoms with Crippen LogP contribution in [0.15, 0.2) is 24.3 Å². The standard InChI is InChI=1S/C13H21NS/c1-4-13(10-15-3)14-9-12-7-5-11(2)6-8-12/h5-8,13-14H,4,9-10H2,1-3H3. The highest BCUT2D eigenvalue weighted by atomic mass is 32.2. The van der Waals surface area contributed by atoms with Gasteiger partial charge in [0.1, 0.15) is 0 Å². The molecule has 0 radical (unpaired) electrons. The number of nitrogens with one attached hydrogen (secondary N) is 1. The molecule has 0 aromatic heterocycles. The van der Waals surface area contributed by atoms with E-state index in [1.807, 2.05) is 11.8 Å². The number of hydrogen-bond donors (Lipinski definition) is 1. The van der Waals surface area contributed by atoms with Crippen molar-refractivity contribution in [3.8, 4) is 0 Å². The van der Waals surface area contributed by atoms with Gasteiger partial charge >= 0.3 is 0 Å². The molecule has 1 atom stereocenters. The number of aryl methyl sites for hydroxylation is 1. The van der Waals surface area contributed by atoms with Crippen LogP contribution in [0.2, 0.25) is 0 Å². The van der Waals surface area contributed by atoms with Gasteiger partial charge in [-0.1, -0.05) is 36.8 Å². The van der Waals surface area contributed by atoms with Crippen molar-refractivity contribution in [1.29, 1.82) is 0 Å². The largest absolute Gasteiger partial charge is 0.309 e. The molecular weight excluding hydrogens is 202 g/mol. The second kappa shape index (κ2) is 6.91. The topological polar surface area (TPSA) is 12.0 Å². The maximum absolute atomic E-state index is 3.59. The zero-order valence-electron chi connectivity index (χ0n) is 9.92. The van der Waals surface area contributed by atoms with Gasteiger partial charge in [-0.15, -0.1) is 0 Å². The Morgan fingerprint density at radius 2 is 1.93 bits per heavy atom. The normalized spacial score (nSPS) is 12.7. The van der Waals surface area contributed by atoms with Gasteiger partial charge in [0, 0.05) is 18.3 Å². The lowest BCUT2D eigenvalue weighted by molar-refractivity contribution is 0.541. The quantitative estimate of drug-likeness (QED) is 0.794. The summed E-state index contributed by atoms with van der Waals surface area (Å²) in [7, 11) is 0. The van der Waals surface area contributed by atoms with Gasteiger partial charge in [-0.3, -0.25) is 0 Å². The van der Waals surface area contributed by atoms with Crippen molar-refractivity contribution >= 4 is 11.8 Å². The third kappa shape index (κ3) is 4.72. The molecule has 0 fully saturated rings. The molecule has 0 heterocycles. The van der Waals surface area contributed by atoms with E-state index in [9.17, 15) is 0 Å². The first-order chi connectivity index (χ1) is 7.26. The number of benzene rings is 1.